The molecule has 0 fully saturated rings. The summed E-state index contributed by atoms with van der Waals surface area (Å²) in [7, 11) is 1.64. The molecule has 1 unspecified atom stereocenters. The van der Waals surface area contributed by atoms with Crippen molar-refractivity contribution in [1.82, 2.24) is 0 Å². The number of hydrogen-bond acceptors (Lipinski definition) is 2. The molecule has 1 N–H and O–H groups in total. The van der Waals surface area contributed by atoms with Crippen LogP contribution in [0.5, 0.6) is 0 Å². The molecular weight excluding hydrogens is 212 g/mol. The van der Waals surface area contributed by atoms with E-state index in [1.165, 1.54) is 6.42 Å². The van der Waals surface area contributed by atoms with E-state index in [-0.39, 0.29) is 0 Å². The molecule has 2 rings (SSSR count). The smallest absolute Gasteiger partial charge is 0.134 e. The zero-order valence-corrected chi connectivity index (χ0v) is 10.4. The van der Waals surface area contributed by atoms with Crippen LogP contribution < -0.4 is 0 Å². The Morgan fingerprint density at radius 1 is 1.24 bits per heavy atom. The van der Waals surface area contributed by atoms with Gasteiger partial charge in [-0.15, -0.1) is 0 Å². The van der Waals surface area contributed by atoms with Crippen molar-refractivity contribution in [3.05, 3.63) is 47.5 Å². The second kappa shape index (κ2) is 5.48. The summed E-state index contributed by atoms with van der Waals surface area (Å²) in [5, 5.41) is 10.9. The fraction of sp³-hybridized carbons (Fsp3) is 0.467. The fourth-order valence-corrected chi connectivity index (χ4v) is 2.50. The lowest BCUT2D eigenvalue weighted by molar-refractivity contribution is -0.00991. The molecule has 1 aliphatic carbocycles. The van der Waals surface area contributed by atoms with Gasteiger partial charge in [0.25, 0.3) is 0 Å². The molecule has 0 saturated carbocycles. The molecule has 1 aromatic rings. The minimum Gasteiger partial charge on any atom is -0.381 e. The van der Waals surface area contributed by atoms with Gasteiger partial charge in [0.2, 0.25) is 0 Å². The van der Waals surface area contributed by atoms with Crippen LogP contribution >= 0.6 is 0 Å². The van der Waals surface area contributed by atoms with E-state index in [0.29, 0.717) is 6.61 Å². The number of benzene rings is 1. The highest BCUT2D eigenvalue weighted by Gasteiger charge is 2.33. The zero-order chi connectivity index (χ0) is 12.1. The van der Waals surface area contributed by atoms with Crippen LogP contribution in [0.2, 0.25) is 0 Å². The molecule has 0 heterocycles. The summed E-state index contributed by atoms with van der Waals surface area (Å²) in [6.45, 7) is 0.322. The first-order chi connectivity index (χ1) is 8.27. The summed E-state index contributed by atoms with van der Waals surface area (Å²) in [6, 6.07) is 9.81. The third-order valence-electron chi connectivity index (χ3n) is 3.43. The lowest BCUT2D eigenvalue weighted by Crippen LogP contribution is -2.34. The van der Waals surface area contributed by atoms with Gasteiger partial charge in [0.1, 0.15) is 5.60 Å². The van der Waals surface area contributed by atoms with Crippen LogP contribution in [-0.2, 0) is 10.3 Å². The number of hydrogen-bond donors (Lipinski definition) is 1. The van der Waals surface area contributed by atoms with Crippen molar-refractivity contribution in [1.29, 1.82) is 0 Å². The topological polar surface area (TPSA) is 29.5 Å². The van der Waals surface area contributed by atoms with E-state index in [1.807, 2.05) is 30.3 Å². The summed E-state index contributed by atoms with van der Waals surface area (Å²) >= 11 is 0. The fourth-order valence-electron chi connectivity index (χ4n) is 2.50. The molecule has 2 nitrogen and oxygen atoms in total. The highest BCUT2D eigenvalue weighted by molar-refractivity contribution is 5.33. The monoisotopic (exact) mass is 232 g/mol. The lowest BCUT2D eigenvalue weighted by atomic mass is 9.81. The van der Waals surface area contributed by atoms with Crippen molar-refractivity contribution in [3.8, 4) is 0 Å². The maximum atomic E-state index is 10.9. The first kappa shape index (κ1) is 12.3. The van der Waals surface area contributed by atoms with E-state index < -0.39 is 5.60 Å². The number of methoxy groups -OCH3 is 1. The van der Waals surface area contributed by atoms with Gasteiger partial charge in [0.15, 0.2) is 0 Å². The van der Waals surface area contributed by atoms with E-state index >= 15 is 0 Å². The summed E-state index contributed by atoms with van der Waals surface area (Å²) in [4.78, 5) is 0. The van der Waals surface area contributed by atoms with E-state index in [2.05, 4.69) is 6.08 Å². The zero-order valence-electron chi connectivity index (χ0n) is 10.4. The van der Waals surface area contributed by atoms with Gasteiger partial charge in [-0.05, 0) is 36.8 Å². The Morgan fingerprint density at radius 2 is 2.00 bits per heavy atom. The highest BCUT2D eigenvalue weighted by Crippen LogP contribution is 2.35. The number of allylic oxidation sites excluding steroid dienone is 1. The van der Waals surface area contributed by atoms with Gasteiger partial charge in [-0.1, -0.05) is 36.4 Å². The Kier molecular flexibility index (Phi) is 3.97. The Labute approximate surface area is 103 Å². The molecule has 1 atom stereocenters. The van der Waals surface area contributed by atoms with Crippen molar-refractivity contribution in [2.24, 2.45) is 0 Å². The van der Waals surface area contributed by atoms with E-state index in [4.69, 9.17) is 4.74 Å². The summed E-state index contributed by atoms with van der Waals surface area (Å²) < 4.78 is 5.22. The molecule has 0 amide bonds. The average Bonchev–Trinajstić information content (AvgIpc) is 2.41. The van der Waals surface area contributed by atoms with Crippen molar-refractivity contribution < 1.29 is 9.84 Å². The van der Waals surface area contributed by atoms with Gasteiger partial charge >= 0.3 is 0 Å². The van der Waals surface area contributed by atoms with Crippen LogP contribution in [0.1, 0.15) is 31.2 Å². The Morgan fingerprint density at radius 3 is 2.59 bits per heavy atom. The standard InChI is InChI=1S/C15H20O2/c1-17-12-15(16,13-8-4-2-5-9-13)14-10-6-3-7-11-14/h2,4-5,8-10,16H,3,6-7,11-12H2,1H3. The average molecular weight is 232 g/mol. The summed E-state index contributed by atoms with van der Waals surface area (Å²) in [5.74, 6) is 0. The summed E-state index contributed by atoms with van der Waals surface area (Å²) in [5.41, 5.74) is 1.09. The molecular formula is C15H20O2. The minimum absolute atomic E-state index is 0.322. The van der Waals surface area contributed by atoms with E-state index in [0.717, 1.165) is 30.4 Å². The van der Waals surface area contributed by atoms with Crippen molar-refractivity contribution in [2.75, 3.05) is 13.7 Å². The molecule has 0 bridgehead atoms. The quantitative estimate of drug-likeness (QED) is 0.809. The van der Waals surface area contributed by atoms with Crippen LogP contribution in [0.4, 0.5) is 0 Å². The number of rotatable bonds is 4. The molecule has 92 valence electrons. The number of ether oxygens (including phenoxy) is 1. The number of aliphatic hydroxyl groups is 1. The third kappa shape index (κ3) is 2.59. The minimum atomic E-state index is -0.948. The van der Waals surface area contributed by atoms with Gasteiger partial charge in [-0.3, -0.25) is 0 Å². The second-order valence-corrected chi connectivity index (χ2v) is 4.63. The van der Waals surface area contributed by atoms with Crippen LogP contribution in [0.25, 0.3) is 0 Å². The van der Waals surface area contributed by atoms with Crippen molar-refractivity contribution in [3.63, 3.8) is 0 Å². The Hall–Kier alpha value is -1.12. The van der Waals surface area contributed by atoms with Crippen LogP contribution in [0, 0.1) is 0 Å². The maximum absolute atomic E-state index is 10.9. The predicted octanol–water partition coefficient (Wildman–Crippen LogP) is 3.02. The molecule has 0 aromatic heterocycles. The molecule has 2 heteroatoms. The summed E-state index contributed by atoms with van der Waals surface area (Å²) in [6.07, 6.45) is 6.59. The van der Waals surface area contributed by atoms with Gasteiger partial charge in [-0.2, -0.15) is 0 Å². The largest absolute Gasteiger partial charge is 0.381 e. The molecule has 0 spiro atoms. The first-order valence-corrected chi connectivity index (χ1v) is 6.24. The normalized spacial score (nSPS) is 19.5. The molecule has 0 radical (unpaired) electrons. The third-order valence-corrected chi connectivity index (χ3v) is 3.43. The Balaban J connectivity index is 2.35. The van der Waals surface area contributed by atoms with Crippen molar-refractivity contribution >= 4 is 0 Å². The van der Waals surface area contributed by atoms with Gasteiger partial charge in [-0.25, -0.2) is 0 Å². The first-order valence-electron chi connectivity index (χ1n) is 6.24. The van der Waals surface area contributed by atoms with E-state index in [9.17, 15) is 5.11 Å². The van der Waals surface area contributed by atoms with Gasteiger partial charge in [0, 0.05) is 7.11 Å². The van der Waals surface area contributed by atoms with Crippen LogP contribution in [0.15, 0.2) is 42.0 Å². The maximum Gasteiger partial charge on any atom is 0.134 e. The molecule has 17 heavy (non-hydrogen) atoms. The van der Waals surface area contributed by atoms with E-state index in [1.54, 1.807) is 7.11 Å². The second-order valence-electron chi connectivity index (χ2n) is 4.63. The predicted molar refractivity (Wildman–Crippen MR) is 68.8 cm³/mol. The van der Waals surface area contributed by atoms with Crippen LogP contribution in [0.3, 0.4) is 0 Å². The SMILES string of the molecule is COCC(O)(C1=CCCCC1)c1ccccc1. The van der Waals surface area contributed by atoms with Gasteiger partial charge < -0.3 is 9.84 Å². The highest BCUT2D eigenvalue weighted by atomic mass is 16.5. The molecule has 0 saturated heterocycles. The van der Waals surface area contributed by atoms with Gasteiger partial charge in [0.05, 0.1) is 6.61 Å². The lowest BCUT2D eigenvalue weighted by Gasteiger charge is -2.32. The Bertz CT molecular complexity index is 383. The molecule has 0 aliphatic heterocycles. The molecule has 1 aliphatic rings. The molecule has 1 aromatic carbocycles. The van der Waals surface area contributed by atoms with Crippen LogP contribution in [-0.4, -0.2) is 18.8 Å². The van der Waals surface area contributed by atoms with Crippen molar-refractivity contribution in [2.45, 2.75) is 31.3 Å².